The Hall–Kier alpha value is -2.29. The summed E-state index contributed by atoms with van der Waals surface area (Å²) in [4.78, 5) is 20.0. The molecule has 0 aliphatic heterocycles. The molecule has 1 N–H and O–H groups in total. The molecule has 3 rings (SSSR count). The van der Waals surface area contributed by atoms with E-state index in [2.05, 4.69) is 24.5 Å². The van der Waals surface area contributed by atoms with Gasteiger partial charge in [0.2, 0.25) is 11.7 Å². The van der Waals surface area contributed by atoms with Crippen LogP contribution in [0.1, 0.15) is 15.9 Å². The zero-order valence-electron chi connectivity index (χ0n) is 19.1. The molecule has 1 radical (unpaired) electrons. The van der Waals surface area contributed by atoms with Gasteiger partial charge in [-0.2, -0.15) is 0 Å². The number of hydrogen-bond acceptors (Lipinski definition) is 6. The number of hydrogen-bond donors (Lipinski definition) is 1. The second kappa shape index (κ2) is 15.1. The largest absolute Gasteiger partial charge is 0.521 e. The molecule has 13 heteroatoms. The third kappa shape index (κ3) is 7.60. The summed E-state index contributed by atoms with van der Waals surface area (Å²) in [6, 6.07) is 13.0. The second-order valence-electron chi connectivity index (χ2n) is 6.41. The average Bonchev–Trinajstić information content (AvgIpc) is 2.81. The molecule has 2 unspecified atom stereocenters. The van der Waals surface area contributed by atoms with Gasteiger partial charge in [0.05, 0.1) is 30.3 Å². The van der Waals surface area contributed by atoms with Crippen LogP contribution >= 0.6 is 41.7 Å². The second-order valence-corrected chi connectivity index (χ2v) is 8.47. The molecule has 3 aromatic rings. The summed E-state index contributed by atoms with van der Waals surface area (Å²) in [6.45, 7) is 0. The predicted molar refractivity (Wildman–Crippen MR) is 144 cm³/mol. The minimum Gasteiger partial charge on any atom is -0.521 e. The molecule has 0 saturated heterocycles. The van der Waals surface area contributed by atoms with E-state index in [-0.39, 0.29) is 38.7 Å². The van der Waals surface area contributed by atoms with E-state index in [4.69, 9.17) is 43.0 Å². The van der Waals surface area contributed by atoms with Crippen molar-refractivity contribution in [1.82, 2.24) is 0 Å². The quantitative estimate of drug-likeness (QED) is 0.167. The van der Waals surface area contributed by atoms with E-state index in [0.717, 1.165) is 33.9 Å². The number of nitro benzene ring substituents is 1. The van der Waals surface area contributed by atoms with Gasteiger partial charge in [-0.15, -0.1) is 30.6 Å². The molecule has 3 aromatic carbocycles. The summed E-state index contributed by atoms with van der Waals surface area (Å²) in [7, 11) is 8.55. The van der Waals surface area contributed by atoms with Crippen molar-refractivity contribution in [2.45, 2.75) is 0 Å². The number of carbonyl (C=O) groups is 1. The fraction of sp³-hybridized carbons (Fsp3) is 0.0870. The van der Waals surface area contributed by atoms with Gasteiger partial charge in [-0.05, 0) is 22.7 Å². The molecule has 2 atom stereocenters. The molecule has 0 aliphatic carbocycles. The zero-order valence-corrected chi connectivity index (χ0v) is 25.3. The molecule has 0 heterocycles. The molecule has 36 heavy (non-hydrogen) atoms. The summed E-state index contributed by atoms with van der Waals surface area (Å²) in [5.41, 5.74) is 0.642. The fourth-order valence-electron chi connectivity index (χ4n) is 2.90. The minimum atomic E-state index is -1.32. The maximum absolute atomic E-state index is 10.4. The third-order valence-electron chi connectivity index (χ3n) is 4.42. The van der Waals surface area contributed by atoms with Crippen LogP contribution in [0.3, 0.4) is 0 Å². The van der Waals surface area contributed by atoms with E-state index >= 15 is 0 Å². The molecule has 0 bridgehead atoms. The SMILES string of the molecule is COc1c(Cl)ccc(P)c1-c1c(P)ccc(Cl)c1OC.N#Cc1c[c-]c(C(=O)O)cc1[N+](=O)[O-].[CH3-].[Ir]. The Balaban J connectivity index is 0.000000682. The topological polar surface area (TPSA) is 123 Å². The number of nitro groups is 1. The molecule has 0 fully saturated rings. The maximum Gasteiger partial charge on any atom is 0.247 e. The van der Waals surface area contributed by atoms with Gasteiger partial charge in [-0.3, -0.25) is 10.1 Å². The smallest absolute Gasteiger partial charge is 0.247 e. The Labute approximate surface area is 236 Å². The van der Waals surface area contributed by atoms with Gasteiger partial charge in [0, 0.05) is 41.7 Å². The molecule has 0 spiro atoms. The van der Waals surface area contributed by atoms with Crippen molar-refractivity contribution in [1.29, 1.82) is 5.26 Å². The van der Waals surface area contributed by atoms with Crippen LogP contribution in [-0.2, 0) is 20.1 Å². The number of carboxylic acids is 1. The van der Waals surface area contributed by atoms with E-state index in [0.29, 0.717) is 21.5 Å². The first-order valence-corrected chi connectivity index (χ1v) is 11.1. The number of carboxylic acid groups (broad SMARTS) is 1. The van der Waals surface area contributed by atoms with Gasteiger partial charge in [0.25, 0.3) is 0 Å². The number of nitrogens with zero attached hydrogens (tertiary/aromatic N) is 2. The molecule has 193 valence electrons. The summed E-state index contributed by atoms with van der Waals surface area (Å²) >= 11 is 12.4. The summed E-state index contributed by atoms with van der Waals surface area (Å²) in [6.07, 6.45) is 0. The van der Waals surface area contributed by atoms with Crippen LogP contribution < -0.4 is 20.1 Å². The van der Waals surface area contributed by atoms with Crippen LogP contribution in [0.5, 0.6) is 11.5 Å². The fourth-order valence-corrected chi connectivity index (χ4v) is 4.12. The first-order valence-electron chi connectivity index (χ1n) is 9.15. The zero-order chi connectivity index (χ0) is 25.6. The number of halogens is 2. The Bertz CT molecular complexity index is 1260. The van der Waals surface area contributed by atoms with Crippen molar-refractivity contribution < 1.29 is 44.4 Å². The van der Waals surface area contributed by atoms with E-state index in [1.165, 1.54) is 0 Å². The van der Waals surface area contributed by atoms with Gasteiger partial charge >= 0.3 is 0 Å². The van der Waals surface area contributed by atoms with Crippen molar-refractivity contribution in [2.75, 3.05) is 14.2 Å². The molecule has 0 aromatic heterocycles. The summed E-state index contributed by atoms with van der Waals surface area (Å²) in [5, 5.41) is 30.4. The molecular formula is C23H20Cl2IrN2O6P2-2. The first kappa shape index (κ1) is 33.7. The first-order chi connectivity index (χ1) is 16.1. The number of rotatable bonds is 5. The van der Waals surface area contributed by atoms with Gasteiger partial charge in [-0.1, -0.05) is 47.0 Å². The maximum atomic E-state index is 10.4. The van der Waals surface area contributed by atoms with E-state index in [1.54, 1.807) is 32.4 Å². The van der Waals surface area contributed by atoms with Crippen LogP contribution in [0.4, 0.5) is 5.69 Å². The average molecular weight is 745 g/mol. The van der Waals surface area contributed by atoms with Crippen LogP contribution in [-0.4, -0.2) is 30.2 Å². The number of methoxy groups -OCH3 is 2. The van der Waals surface area contributed by atoms with Crippen molar-refractivity contribution >= 4 is 63.9 Å². The molecular weight excluding hydrogens is 725 g/mol. The Kier molecular flexibility index (Phi) is 14.1. The van der Waals surface area contributed by atoms with E-state index in [1.807, 2.05) is 12.1 Å². The van der Waals surface area contributed by atoms with Crippen LogP contribution in [0.25, 0.3) is 11.1 Å². The van der Waals surface area contributed by atoms with E-state index in [9.17, 15) is 14.9 Å². The number of aromatic carboxylic acids is 1. The summed E-state index contributed by atoms with van der Waals surface area (Å²) in [5.74, 6) is -0.121. The summed E-state index contributed by atoms with van der Waals surface area (Å²) < 4.78 is 10.9. The minimum absolute atomic E-state index is 0. The number of benzene rings is 3. The van der Waals surface area contributed by atoms with Crippen molar-refractivity contribution in [3.8, 4) is 28.7 Å². The Morgan fingerprint density at radius 1 is 1.08 bits per heavy atom. The molecule has 0 aliphatic rings. The third-order valence-corrected chi connectivity index (χ3v) is 5.98. The van der Waals surface area contributed by atoms with Crippen LogP contribution in [0.2, 0.25) is 10.0 Å². The van der Waals surface area contributed by atoms with Crippen molar-refractivity contribution in [3.05, 3.63) is 81.2 Å². The van der Waals surface area contributed by atoms with Gasteiger partial charge in [0.15, 0.2) is 0 Å². The van der Waals surface area contributed by atoms with Gasteiger partial charge in [-0.25, -0.2) is 5.26 Å². The van der Waals surface area contributed by atoms with Crippen LogP contribution in [0.15, 0.2) is 36.4 Å². The van der Waals surface area contributed by atoms with Gasteiger partial charge < -0.3 is 26.8 Å². The molecule has 0 saturated carbocycles. The Morgan fingerprint density at radius 2 is 1.53 bits per heavy atom. The standard InChI is InChI=1S/C14H14Cl2O2P2.C8H3N2O4.CH3.Ir/c1-17-13-7(15)3-5-9(19)11(13)12-10(20)6-4-8(16)14(12)18-2;9-4-6-2-1-5(8(11)12)3-7(6)10(13)14;;/h3-6H,19-20H2,1-2H3;2-3H,(H,11,12);1H3;/q;2*-1;. The van der Waals surface area contributed by atoms with E-state index < -0.39 is 16.6 Å². The predicted octanol–water partition coefficient (Wildman–Crippen LogP) is 5.09. The Morgan fingerprint density at radius 3 is 1.86 bits per heavy atom. The monoisotopic (exact) mass is 745 g/mol. The molecule has 8 nitrogen and oxygen atoms in total. The van der Waals surface area contributed by atoms with Gasteiger partial charge in [0.1, 0.15) is 11.5 Å². The normalized spacial score (nSPS) is 9.36. The molecule has 0 amide bonds. The number of nitriles is 1. The van der Waals surface area contributed by atoms with Crippen molar-refractivity contribution in [3.63, 3.8) is 0 Å². The van der Waals surface area contributed by atoms with Crippen molar-refractivity contribution in [2.24, 2.45) is 0 Å². The van der Waals surface area contributed by atoms with Crippen LogP contribution in [0, 0.1) is 34.9 Å². The number of ether oxygens (including phenoxy) is 2.